The van der Waals surface area contributed by atoms with Crippen molar-refractivity contribution in [1.82, 2.24) is 9.88 Å². The number of benzene rings is 1. The van der Waals surface area contributed by atoms with Gasteiger partial charge in [-0.3, -0.25) is 4.79 Å². The van der Waals surface area contributed by atoms with Gasteiger partial charge >= 0.3 is 0 Å². The van der Waals surface area contributed by atoms with E-state index in [0.717, 1.165) is 31.6 Å². The van der Waals surface area contributed by atoms with Crippen LogP contribution in [0.5, 0.6) is 0 Å². The Balaban J connectivity index is 1.77. The number of anilines is 2. The van der Waals surface area contributed by atoms with Crippen LogP contribution in [0.3, 0.4) is 0 Å². The molecule has 2 heterocycles. The highest BCUT2D eigenvalue weighted by Gasteiger charge is 2.17. The number of hydrogen-bond acceptors (Lipinski definition) is 3. The summed E-state index contributed by atoms with van der Waals surface area (Å²) >= 11 is 12.0. The minimum Gasteiger partial charge on any atom is -0.340 e. The molecule has 1 aliphatic heterocycles. The van der Waals surface area contributed by atoms with Crippen molar-refractivity contribution in [2.75, 3.05) is 18.4 Å². The monoisotopic (exact) mass is 363 g/mol. The molecule has 126 valence electrons. The van der Waals surface area contributed by atoms with Crippen LogP contribution in [-0.2, 0) is 0 Å². The first-order valence-electron chi connectivity index (χ1n) is 8.10. The molecule has 0 saturated carbocycles. The smallest absolute Gasteiger partial charge is 0.254 e. The average Bonchev–Trinajstić information content (AvgIpc) is 2.82. The van der Waals surface area contributed by atoms with Crippen LogP contribution in [0.25, 0.3) is 0 Å². The molecule has 1 fully saturated rings. The molecule has 1 saturated heterocycles. The quantitative estimate of drug-likeness (QED) is 0.819. The summed E-state index contributed by atoms with van der Waals surface area (Å²) in [5, 5.41) is 4.23. The number of rotatable bonds is 3. The van der Waals surface area contributed by atoms with E-state index in [9.17, 15) is 4.79 Å². The SMILES string of the molecule is O=C(c1ccnc(Nc2cc(Cl)cc(Cl)c2)c1)N1CCCCCC1. The van der Waals surface area contributed by atoms with Gasteiger partial charge in [-0.25, -0.2) is 4.98 Å². The van der Waals surface area contributed by atoms with Crippen molar-refractivity contribution in [2.45, 2.75) is 25.7 Å². The highest BCUT2D eigenvalue weighted by Crippen LogP contribution is 2.25. The summed E-state index contributed by atoms with van der Waals surface area (Å²) in [4.78, 5) is 18.9. The fourth-order valence-corrected chi connectivity index (χ4v) is 3.39. The van der Waals surface area contributed by atoms with E-state index in [2.05, 4.69) is 10.3 Å². The van der Waals surface area contributed by atoms with E-state index in [1.807, 2.05) is 4.90 Å². The molecule has 1 N–H and O–H groups in total. The molecule has 0 aliphatic carbocycles. The van der Waals surface area contributed by atoms with Gasteiger partial charge in [0.2, 0.25) is 0 Å². The van der Waals surface area contributed by atoms with Crippen molar-refractivity contribution in [3.63, 3.8) is 0 Å². The number of likely N-dealkylation sites (tertiary alicyclic amines) is 1. The lowest BCUT2D eigenvalue weighted by atomic mass is 10.2. The fraction of sp³-hybridized carbons (Fsp3) is 0.333. The van der Waals surface area contributed by atoms with Crippen molar-refractivity contribution in [1.29, 1.82) is 0 Å². The van der Waals surface area contributed by atoms with Crippen LogP contribution < -0.4 is 5.32 Å². The molecule has 4 nitrogen and oxygen atoms in total. The second-order valence-corrected chi connectivity index (χ2v) is 6.79. The summed E-state index contributed by atoms with van der Waals surface area (Å²) in [6.45, 7) is 1.65. The van der Waals surface area contributed by atoms with E-state index in [4.69, 9.17) is 23.2 Å². The second kappa shape index (κ2) is 7.86. The molecule has 0 spiro atoms. The third-order valence-electron chi connectivity index (χ3n) is 4.04. The number of pyridine rings is 1. The molecule has 1 aromatic heterocycles. The first-order chi connectivity index (χ1) is 11.6. The minimum atomic E-state index is 0.0616. The first-order valence-corrected chi connectivity index (χ1v) is 8.86. The molecule has 0 bridgehead atoms. The number of aromatic nitrogens is 1. The predicted molar refractivity (Wildman–Crippen MR) is 98.4 cm³/mol. The van der Waals surface area contributed by atoms with E-state index < -0.39 is 0 Å². The molecule has 6 heteroatoms. The van der Waals surface area contributed by atoms with E-state index in [-0.39, 0.29) is 5.91 Å². The average molecular weight is 364 g/mol. The number of hydrogen-bond donors (Lipinski definition) is 1. The zero-order chi connectivity index (χ0) is 16.9. The van der Waals surface area contributed by atoms with Crippen LogP contribution in [0, 0.1) is 0 Å². The largest absolute Gasteiger partial charge is 0.340 e. The normalized spacial score (nSPS) is 15.0. The summed E-state index contributed by atoms with van der Waals surface area (Å²) < 4.78 is 0. The molecule has 24 heavy (non-hydrogen) atoms. The van der Waals surface area contributed by atoms with Gasteiger partial charge in [-0.1, -0.05) is 36.0 Å². The predicted octanol–water partition coefficient (Wildman–Crippen LogP) is 5.15. The Bertz CT molecular complexity index is 708. The first kappa shape index (κ1) is 17.1. The maximum Gasteiger partial charge on any atom is 0.254 e. The highest BCUT2D eigenvalue weighted by atomic mass is 35.5. The molecule has 0 unspecified atom stereocenters. The van der Waals surface area contributed by atoms with Crippen LogP contribution in [0.4, 0.5) is 11.5 Å². The molecule has 1 amide bonds. The molecule has 0 atom stereocenters. The number of nitrogens with one attached hydrogen (secondary N) is 1. The lowest BCUT2D eigenvalue weighted by molar-refractivity contribution is 0.0761. The third kappa shape index (κ3) is 4.40. The molecular formula is C18H19Cl2N3O. The van der Waals surface area contributed by atoms with Crippen molar-refractivity contribution < 1.29 is 4.79 Å². The highest BCUT2D eigenvalue weighted by molar-refractivity contribution is 6.35. The Hall–Kier alpha value is -1.78. The Kier molecular flexibility index (Phi) is 5.59. The van der Waals surface area contributed by atoms with Gasteiger partial charge in [0, 0.05) is 40.6 Å². The van der Waals surface area contributed by atoms with Crippen LogP contribution >= 0.6 is 23.2 Å². The van der Waals surface area contributed by atoms with Crippen molar-refractivity contribution >= 4 is 40.6 Å². The van der Waals surface area contributed by atoms with Crippen LogP contribution in [0.15, 0.2) is 36.5 Å². The molecular weight excluding hydrogens is 345 g/mol. The number of nitrogens with zero attached hydrogens (tertiary/aromatic N) is 2. The molecule has 0 radical (unpaired) electrons. The van der Waals surface area contributed by atoms with Gasteiger partial charge in [0.1, 0.15) is 5.82 Å². The Morgan fingerprint density at radius 1 is 1.00 bits per heavy atom. The van der Waals surface area contributed by atoms with Crippen LogP contribution in [-0.4, -0.2) is 28.9 Å². The maximum absolute atomic E-state index is 12.7. The Morgan fingerprint density at radius 2 is 1.67 bits per heavy atom. The second-order valence-electron chi connectivity index (χ2n) is 5.92. The molecule has 3 rings (SSSR count). The van der Waals surface area contributed by atoms with Gasteiger partial charge in [0.25, 0.3) is 5.91 Å². The summed E-state index contributed by atoms with van der Waals surface area (Å²) in [7, 11) is 0. The van der Waals surface area contributed by atoms with Gasteiger partial charge < -0.3 is 10.2 Å². The summed E-state index contributed by atoms with van der Waals surface area (Å²) in [6.07, 6.45) is 6.18. The minimum absolute atomic E-state index is 0.0616. The van der Waals surface area contributed by atoms with Gasteiger partial charge in [-0.05, 0) is 43.2 Å². The fourth-order valence-electron chi connectivity index (χ4n) is 2.86. The van der Waals surface area contributed by atoms with E-state index in [1.165, 1.54) is 12.8 Å². The molecule has 1 aromatic carbocycles. The van der Waals surface area contributed by atoms with Crippen LogP contribution in [0.1, 0.15) is 36.0 Å². The number of carbonyl (C=O) groups excluding carboxylic acids is 1. The lowest BCUT2D eigenvalue weighted by Crippen LogP contribution is -2.31. The number of carbonyl (C=O) groups is 1. The van der Waals surface area contributed by atoms with Gasteiger partial charge in [0.15, 0.2) is 0 Å². The molecule has 1 aliphatic rings. The van der Waals surface area contributed by atoms with Gasteiger partial charge in [0.05, 0.1) is 0 Å². The number of halogens is 2. The maximum atomic E-state index is 12.7. The summed E-state index contributed by atoms with van der Waals surface area (Å²) in [5.41, 5.74) is 1.38. The van der Waals surface area contributed by atoms with Crippen molar-refractivity contribution in [3.05, 3.63) is 52.1 Å². The van der Waals surface area contributed by atoms with Crippen molar-refractivity contribution in [2.24, 2.45) is 0 Å². The summed E-state index contributed by atoms with van der Waals surface area (Å²) in [6, 6.07) is 8.71. The Morgan fingerprint density at radius 3 is 2.33 bits per heavy atom. The van der Waals surface area contributed by atoms with Crippen LogP contribution in [0.2, 0.25) is 10.0 Å². The lowest BCUT2D eigenvalue weighted by Gasteiger charge is -2.20. The zero-order valence-corrected chi connectivity index (χ0v) is 14.8. The third-order valence-corrected chi connectivity index (χ3v) is 4.47. The summed E-state index contributed by atoms with van der Waals surface area (Å²) in [5.74, 6) is 0.653. The standard InChI is InChI=1S/C18H19Cl2N3O/c19-14-10-15(20)12-16(11-14)22-17-9-13(5-6-21-17)18(24)23-7-3-1-2-4-8-23/h5-6,9-12H,1-4,7-8H2,(H,21,22). The zero-order valence-electron chi connectivity index (χ0n) is 13.3. The van der Waals surface area contributed by atoms with Crippen molar-refractivity contribution in [3.8, 4) is 0 Å². The van der Waals surface area contributed by atoms with E-state index in [0.29, 0.717) is 21.4 Å². The van der Waals surface area contributed by atoms with Gasteiger partial charge in [-0.2, -0.15) is 0 Å². The van der Waals surface area contributed by atoms with Gasteiger partial charge in [-0.15, -0.1) is 0 Å². The Labute approximate surface area is 151 Å². The number of amides is 1. The van der Waals surface area contributed by atoms with E-state index >= 15 is 0 Å². The van der Waals surface area contributed by atoms with E-state index in [1.54, 1.807) is 36.5 Å². The topological polar surface area (TPSA) is 45.2 Å². The molecule has 2 aromatic rings.